The maximum atomic E-state index is 12.8. The second-order valence-electron chi connectivity index (χ2n) is 9.51. The highest BCUT2D eigenvalue weighted by molar-refractivity contribution is 7.19. The Hall–Kier alpha value is -2.87. The van der Waals surface area contributed by atoms with Crippen LogP contribution in [0, 0.1) is 6.92 Å². The molecule has 2 aromatic heterocycles. The number of piperidine rings is 1. The van der Waals surface area contributed by atoms with Crippen molar-refractivity contribution in [2.45, 2.75) is 52.0 Å². The molecule has 1 amide bonds. The van der Waals surface area contributed by atoms with Crippen LogP contribution in [-0.4, -0.2) is 39.8 Å². The minimum atomic E-state index is -0.00510. The highest BCUT2D eigenvalue weighted by Gasteiger charge is 2.24. The quantitative estimate of drug-likeness (QED) is 0.591. The standard InChI is InChI=1S/C24H32N6OS/c1-16-13-20(28-29(16)5)27-23-25-14-21(32-23)30-12-6-7-19(15-30)26-22(31)17-8-10-18(11-9-17)24(2,3)4/h8-11,13-14,19H,6-7,12,15H2,1-5H3,(H,26,31)(H,25,27,28)/t19-/m0/s1. The first kappa shape index (κ1) is 22.3. The van der Waals surface area contributed by atoms with Gasteiger partial charge in [-0.05, 0) is 42.9 Å². The summed E-state index contributed by atoms with van der Waals surface area (Å²) in [5.74, 6) is 0.793. The summed E-state index contributed by atoms with van der Waals surface area (Å²) in [4.78, 5) is 19.6. The fourth-order valence-corrected chi connectivity index (χ4v) is 4.75. The molecule has 7 nitrogen and oxygen atoms in total. The molecule has 4 rings (SSSR count). The van der Waals surface area contributed by atoms with E-state index in [2.05, 4.69) is 58.5 Å². The fourth-order valence-electron chi connectivity index (χ4n) is 3.89. The van der Waals surface area contributed by atoms with Crippen molar-refractivity contribution in [1.29, 1.82) is 0 Å². The van der Waals surface area contributed by atoms with Gasteiger partial charge in [0.2, 0.25) is 0 Å². The van der Waals surface area contributed by atoms with Crippen molar-refractivity contribution in [3.63, 3.8) is 0 Å². The maximum Gasteiger partial charge on any atom is 0.251 e. The molecule has 0 aliphatic carbocycles. The molecule has 0 unspecified atom stereocenters. The SMILES string of the molecule is Cc1cc(Nc2ncc(N3CCC[C@H](NC(=O)c4ccc(C(C)(C)C)cc4)C3)s2)nn1C. The monoisotopic (exact) mass is 452 g/mol. The van der Waals surface area contributed by atoms with E-state index >= 15 is 0 Å². The summed E-state index contributed by atoms with van der Waals surface area (Å²) in [5, 5.41) is 12.9. The third kappa shape index (κ3) is 5.12. The van der Waals surface area contributed by atoms with E-state index in [1.807, 2.05) is 43.0 Å². The van der Waals surface area contributed by atoms with Gasteiger partial charge >= 0.3 is 0 Å². The Kier molecular flexibility index (Phi) is 6.24. The normalized spacial score (nSPS) is 16.8. The predicted octanol–water partition coefficient (Wildman–Crippen LogP) is 4.62. The van der Waals surface area contributed by atoms with Gasteiger partial charge in [-0.15, -0.1) is 0 Å². The van der Waals surface area contributed by atoms with Crippen molar-refractivity contribution < 1.29 is 4.79 Å². The summed E-state index contributed by atoms with van der Waals surface area (Å²) < 4.78 is 1.84. The molecule has 1 aromatic carbocycles. The van der Waals surface area contributed by atoms with Crippen LogP contribution in [-0.2, 0) is 12.5 Å². The van der Waals surface area contributed by atoms with E-state index in [-0.39, 0.29) is 17.4 Å². The summed E-state index contributed by atoms with van der Waals surface area (Å²) in [6.07, 6.45) is 3.92. The van der Waals surface area contributed by atoms with Crippen LogP contribution >= 0.6 is 11.3 Å². The number of carbonyl (C=O) groups is 1. The van der Waals surface area contributed by atoms with E-state index in [1.54, 1.807) is 11.3 Å². The first-order valence-electron chi connectivity index (χ1n) is 11.1. The second kappa shape index (κ2) is 8.94. The number of rotatable bonds is 5. The number of thiazole rings is 1. The van der Waals surface area contributed by atoms with Crippen LogP contribution < -0.4 is 15.5 Å². The molecule has 2 N–H and O–H groups in total. The lowest BCUT2D eigenvalue weighted by Crippen LogP contribution is -2.47. The number of anilines is 3. The Balaban J connectivity index is 1.36. The smallest absolute Gasteiger partial charge is 0.251 e. The molecule has 1 aliphatic rings. The number of carbonyl (C=O) groups excluding carboxylic acids is 1. The van der Waals surface area contributed by atoms with Crippen LogP contribution in [0.2, 0.25) is 0 Å². The zero-order valence-corrected chi connectivity index (χ0v) is 20.3. The van der Waals surface area contributed by atoms with Crippen molar-refractivity contribution in [2.24, 2.45) is 7.05 Å². The highest BCUT2D eigenvalue weighted by atomic mass is 32.1. The van der Waals surface area contributed by atoms with E-state index in [0.29, 0.717) is 5.56 Å². The van der Waals surface area contributed by atoms with Crippen LogP contribution in [0.4, 0.5) is 16.0 Å². The Morgan fingerprint density at radius 2 is 1.97 bits per heavy atom. The Labute approximate surface area is 193 Å². The van der Waals surface area contributed by atoms with Gasteiger partial charge < -0.3 is 15.5 Å². The molecular formula is C24H32N6OS. The van der Waals surface area contributed by atoms with Crippen LogP contribution in [0.15, 0.2) is 36.5 Å². The number of aryl methyl sites for hydroxylation is 2. The molecule has 1 fully saturated rings. The molecule has 1 aliphatic heterocycles. The van der Waals surface area contributed by atoms with Crippen molar-refractivity contribution in [2.75, 3.05) is 23.3 Å². The second-order valence-corrected chi connectivity index (χ2v) is 10.5. The average molecular weight is 453 g/mol. The van der Waals surface area contributed by atoms with Crippen LogP contribution in [0.3, 0.4) is 0 Å². The number of nitrogens with zero attached hydrogens (tertiary/aromatic N) is 4. The summed E-state index contributed by atoms with van der Waals surface area (Å²) in [6.45, 7) is 10.3. The van der Waals surface area contributed by atoms with Crippen molar-refractivity contribution >= 4 is 33.2 Å². The zero-order valence-electron chi connectivity index (χ0n) is 19.5. The van der Waals surface area contributed by atoms with E-state index < -0.39 is 0 Å². The van der Waals surface area contributed by atoms with Crippen molar-refractivity contribution in [1.82, 2.24) is 20.1 Å². The lowest BCUT2D eigenvalue weighted by molar-refractivity contribution is 0.0933. The number of amides is 1. The van der Waals surface area contributed by atoms with Gasteiger partial charge in [0, 0.05) is 43.5 Å². The number of nitrogens with one attached hydrogen (secondary N) is 2. The van der Waals surface area contributed by atoms with Gasteiger partial charge in [-0.2, -0.15) is 5.10 Å². The van der Waals surface area contributed by atoms with Gasteiger partial charge in [0.1, 0.15) is 5.00 Å². The molecule has 0 saturated carbocycles. The van der Waals surface area contributed by atoms with Crippen LogP contribution in [0.5, 0.6) is 0 Å². The summed E-state index contributed by atoms with van der Waals surface area (Å²) >= 11 is 1.61. The van der Waals surface area contributed by atoms with Gasteiger partial charge in [0.25, 0.3) is 5.91 Å². The van der Waals surface area contributed by atoms with Crippen LogP contribution in [0.1, 0.15) is 55.2 Å². The Morgan fingerprint density at radius 3 is 2.62 bits per heavy atom. The van der Waals surface area contributed by atoms with E-state index in [1.165, 1.54) is 5.56 Å². The molecule has 0 spiro atoms. The molecule has 170 valence electrons. The molecule has 32 heavy (non-hydrogen) atoms. The minimum Gasteiger partial charge on any atom is -0.360 e. The molecule has 1 saturated heterocycles. The number of hydrogen-bond acceptors (Lipinski definition) is 6. The summed E-state index contributed by atoms with van der Waals surface area (Å²) in [6, 6.07) is 10.1. The average Bonchev–Trinajstić information content (AvgIpc) is 3.34. The van der Waals surface area contributed by atoms with E-state index in [0.717, 1.165) is 47.6 Å². The number of hydrogen-bond donors (Lipinski definition) is 2. The fraction of sp³-hybridized carbons (Fsp3) is 0.458. The molecule has 1 atom stereocenters. The Bertz CT molecular complexity index is 1060. The largest absolute Gasteiger partial charge is 0.360 e. The lowest BCUT2D eigenvalue weighted by atomic mass is 9.86. The first-order chi connectivity index (χ1) is 15.2. The topological polar surface area (TPSA) is 75.1 Å². The van der Waals surface area contributed by atoms with Gasteiger partial charge in [-0.25, -0.2) is 4.98 Å². The first-order valence-corrected chi connectivity index (χ1v) is 11.9. The Morgan fingerprint density at radius 1 is 1.22 bits per heavy atom. The van der Waals surface area contributed by atoms with Gasteiger partial charge in [0.05, 0.1) is 6.20 Å². The summed E-state index contributed by atoms with van der Waals surface area (Å²) in [5.41, 5.74) is 3.11. The van der Waals surface area contributed by atoms with Crippen LogP contribution in [0.25, 0.3) is 0 Å². The molecule has 8 heteroatoms. The molecule has 0 radical (unpaired) electrons. The van der Waals surface area contributed by atoms with Gasteiger partial charge in [-0.3, -0.25) is 9.48 Å². The van der Waals surface area contributed by atoms with Gasteiger partial charge in [-0.1, -0.05) is 44.2 Å². The predicted molar refractivity (Wildman–Crippen MR) is 131 cm³/mol. The third-order valence-electron chi connectivity index (χ3n) is 5.92. The van der Waals surface area contributed by atoms with Crippen molar-refractivity contribution in [3.05, 3.63) is 53.3 Å². The minimum absolute atomic E-state index is 0.00510. The van der Waals surface area contributed by atoms with Gasteiger partial charge in [0.15, 0.2) is 10.9 Å². The lowest BCUT2D eigenvalue weighted by Gasteiger charge is -2.33. The molecular weight excluding hydrogens is 420 g/mol. The molecule has 3 aromatic rings. The van der Waals surface area contributed by atoms with E-state index in [4.69, 9.17) is 0 Å². The maximum absolute atomic E-state index is 12.8. The third-order valence-corrected chi connectivity index (χ3v) is 6.90. The highest BCUT2D eigenvalue weighted by Crippen LogP contribution is 2.31. The molecule has 3 heterocycles. The van der Waals surface area contributed by atoms with Crippen molar-refractivity contribution in [3.8, 4) is 0 Å². The van der Waals surface area contributed by atoms with E-state index in [9.17, 15) is 4.79 Å². The summed E-state index contributed by atoms with van der Waals surface area (Å²) in [7, 11) is 1.93. The number of benzene rings is 1. The number of aromatic nitrogens is 3. The zero-order chi connectivity index (χ0) is 22.9. The molecule has 0 bridgehead atoms.